The fourth-order valence-corrected chi connectivity index (χ4v) is 2.03. The number of carboxylic acid groups (broad SMARTS) is 1. The van der Waals surface area contributed by atoms with Crippen molar-refractivity contribution in [2.24, 2.45) is 0 Å². The van der Waals surface area contributed by atoms with Crippen LogP contribution < -0.4 is 5.73 Å². The molecular formula is C15H15NO2. The van der Waals surface area contributed by atoms with Gasteiger partial charge in [0.2, 0.25) is 0 Å². The maximum Gasteiger partial charge on any atom is 0.335 e. The van der Waals surface area contributed by atoms with E-state index >= 15 is 0 Å². The molecule has 3 N–H and O–H groups in total. The molecule has 0 aliphatic rings. The fourth-order valence-electron chi connectivity index (χ4n) is 2.03. The molecule has 0 radical (unpaired) electrons. The minimum atomic E-state index is -0.889. The second-order valence-electron chi connectivity index (χ2n) is 4.34. The van der Waals surface area contributed by atoms with Gasteiger partial charge in [-0.2, -0.15) is 0 Å². The first-order valence-electron chi connectivity index (χ1n) is 5.70. The molecule has 0 aliphatic carbocycles. The quantitative estimate of drug-likeness (QED) is 0.793. The Labute approximate surface area is 106 Å². The van der Waals surface area contributed by atoms with Gasteiger partial charge in [0.1, 0.15) is 0 Å². The smallest absolute Gasteiger partial charge is 0.335 e. The number of carbonyl (C=O) groups is 1. The van der Waals surface area contributed by atoms with E-state index in [1.807, 2.05) is 44.2 Å². The van der Waals surface area contributed by atoms with E-state index in [4.69, 9.17) is 10.8 Å². The molecule has 0 heterocycles. The van der Waals surface area contributed by atoms with Crippen LogP contribution in [0.5, 0.6) is 0 Å². The van der Waals surface area contributed by atoms with Crippen molar-refractivity contribution in [3.63, 3.8) is 0 Å². The summed E-state index contributed by atoms with van der Waals surface area (Å²) in [4.78, 5) is 11.0. The second kappa shape index (κ2) is 4.53. The first-order valence-corrected chi connectivity index (χ1v) is 5.70. The molecule has 0 aliphatic heterocycles. The zero-order chi connectivity index (χ0) is 13.3. The number of benzene rings is 2. The van der Waals surface area contributed by atoms with E-state index in [2.05, 4.69) is 0 Å². The van der Waals surface area contributed by atoms with Crippen LogP contribution in [0.4, 0.5) is 5.69 Å². The summed E-state index contributed by atoms with van der Waals surface area (Å²) in [5, 5.41) is 9.07. The van der Waals surface area contributed by atoms with Gasteiger partial charge in [-0.05, 0) is 54.3 Å². The molecule has 0 aromatic heterocycles. The Morgan fingerprint density at radius 1 is 1.00 bits per heavy atom. The van der Waals surface area contributed by atoms with Crippen LogP contribution in [-0.4, -0.2) is 11.1 Å². The van der Waals surface area contributed by atoms with Crippen molar-refractivity contribution in [1.82, 2.24) is 0 Å². The van der Waals surface area contributed by atoms with Gasteiger partial charge in [0.15, 0.2) is 0 Å². The van der Waals surface area contributed by atoms with Crippen molar-refractivity contribution < 1.29 is 9.90 Å². The summed E-state index contributed by atoms with van der Waals surface area (Å²) < 4.78 is 0. The highest BCUT2D eigenvalue weighted by Gasteiger charge is 2.12. The third-order valence-electron chi connectivity index (χ3n) is 3.24. The highest BCUT2D eigenvalue weighted by Crippen LogP contribution is 2.28. The van der Waals surface area contributed by atoms with Gasteiger partial charge in [-0.3, -0.25) is 0 Å². The topological polar surface area (TPSA) is 63.3 Å². The van der Waals surface area contributed by atoms with Gasteiger partial charge in [0.05, 0.1) is 5.56 Å². The van der Waals surface area contributed by atoms with Crippen LogP contribution in [0.15, 0.2) is 36.4 Å². The van der Waals surface area contributed by atoms with Gasteiger partial charge in [0.25, 0.3) is 0 Å². The number of nitrogen functional groups attached to an aromatic ring is 1. The predicted molar refractivity (Wildman–Crippen MR) is 72.7 cm³/mol. The predicted octanol–water partition coefficient (Wildman–Crippen LogP) is 3.25. The molecule has 2 aromatic carbocycles. The Kier molecular flexibility index (Phi) is 3.06. The molecule has 92 valence electrons. The summed E-state index contributed by atoms with van der Waals surface area (Å²) in [6.45, 7) is 3.77. The summed E-state index contributed by atoms with van der Waals surface area (Å²) in [7, 11) is 0. The lowest BCUT2D eigenvalue weighted by atomic mass is 9.93. The normalized spacial score (nSPS) is 10.3. The summed E-state index contributed by atoms with van der Waals surface area (Å²) >= 11 is 0. The maximum absolute atomic E-state index is 11.0. The SMILES string of the molecule is Cc1c(C(=O)O)ccc(-c2ccc(N)cc2)c1C. The van der Waals surface area contributed by atoms with Crippen LogP contribution in [0.1, 0.15) is 21.5 Å². The lowest BCUT2D eigenvalue weighted by Crippen LogP contribution is -2.02. The Hall–Kier alpha value is -2.29. The van der Waals surface area contributed by atoms with Gasteiger partial charge < -0.3 is 10.8 Å². The molecule has 0 amide bonds. The van der Waals surface area contributed by atoms with Crippen molar-refractivity contribution in [2.45, 2.75) is 13.8 Å². The van der Waals surface area contributed by atoms with E-state index in [9.17, 15) is 4.79 Å². The van der Waals surface area contributed by atoms with Crippen LogP contribution in [0.25, 0.3) is 11.1 Å². The van der Waals surface area contributed by atoms with Crippen molar-refractivity contribution >= 4 is 11.7 Å². The molecule has 2 aromatic rings. The Bertz CT molecular complexity index is 601. The first-order chi connectivity index (χ1) is 8.50. The lowest BCUT2D eigenvalue weighted by Gasteiger charge is -2.11. The van der Waals surface area contributed by atoms with Gasteiger partial charge in [-0.1, -0.05) is 18.2 Å². The summed E-state index contributed by atoms with van der Waals surface area (Å²) in [5.74, 6) is -0.889. The van der Waals surface area contributed by atoms with Crippen molar-refractivity contribution in [3.8, 4) is 11.1 Å². The third kappa shape index (κ3) is 2.07. The number of aromatic carboxylic acids is 1. The number of carboxylic acids is 1. The average molecular weight is 241 g/mol. The zero-order valence-electron chi connectivity index (χ0n) is 10.4. The number of hydrogen-bond acceptors (Lipinski definition) is 2. The summed E-state index contributed by atoms with van der Waals surface area (Å²) in [6.07, 6.45) is 0. The minimum absolute atomic E-state index is 0.353. The lowest BCUT2D eigenvalue weighted by molar-refractivity contribution is 0.0696. The largest absolute Gasteiger partial charge is 0.478 e. The maximum atomic E-state index is 11.0. The van der Waals surface area contributed by atoms with Crippen LogP contribution in [0.3, 0.4) is 0 Å². The number of nitrogens with two attached hydrogens (primary N) is 1. The fraction of sp³-hybridized carbons (Fsp3) is 0.133. The van der Waals surface area contributed by atoms with E-state index < -0.39 is 5.97 Å². The Morgan fingerprint density at radius 2 is 1.61 bits per heavy atom. The molecule has 0 saturated heterocycles. The van der Waals surface area contributed by atoms with E-state index in [0.29, 0.717) is 5.56 Å². The molecule has 0 fully saturated rings. The molecule has 0 unspecified atom stereocenters. The molecule has 2 rings (SSSR count). The Morgan fingerprint density at radius 3 is 2.17 bits per heavy atom. The molecule has 3 heteroatoms. The van der Waals surface area contributed by atoms with Crippen LogP contribution in [0, 0.1) is 13.8 Å². The number of hydrogen-bond donors (Lipinski definition) is 2. The van der Waals surface area contributed by atoms with Crippen molar-refractivity contribution in [3.05, 3.63) is 53.1 Å². The van der Waals surface area contributed by atoms with Gasteiger partial charge in [-0.15, -0.1) is 0 Å². The first kappa shape index (κ1) is 12.2. The van der Waals surface area contributed by atoms with Gasteiger partial charge >= 0.3 is 5.97 Å². The van der Waals surface area contributed by atoms with Crippen LogP contribution in [0.2, 0.25) is 0 Å². The summed E-state index contributed by atoms with van der Waals surface area (Å²) in [5.41, 5.74) is 10.6. The standard InChI is InChI=1S/C15H15NO2/c1-9-10(2)14(15(17)18)8-7-13(9)11-3-5-12(16)6-4-11/h3-8H,16H2,1-2H3,(H,17,18). The molecule has 0 spiro atoms. The van der Waals surface area contributed by atoms with Crippen LogP contribution >= 0.6 is 0 Å². The molecule has 3 nitrogen and oxygen atoms in total. The molecule has 0 atom stereocenters. The third-order valence-corrected chi connectivity index (χ3v) is 3.24. The Balaban J connectivity index is 2.57. The van der Waals surface area contributed by atoms with Crippen molar-refractivity contribution in [1.29, 1.82) is 0 Å². The van der Waals surface area contributed by atoms with E-state index in [1.54, 1.807) is 6.07 Å². The minimum Gasteiger partial charge on any atom is -0.478 e. The number of rotatable bonds is 2. The van der Waals surface area contributed by atoms with Gasteiger partial charge in [-0.25, -0.2) is 4.79 Å². The van der Waals surface area contributed by atoms with E-state index in [-0.39, 0.29) is 0 Å². The number of anilines is 1. The molecular weight excluding hydrogens is 226 g/mol. The average Bonchev–Trinajstić information content (AvgIpc) is 2.33. The molecule has 0 bridgehead atoms. The molecule has 0 saturated carbocycles. The highest BCUT2D eigenvalue weighted by atomic mass is 16.4. The van der Waals surface area contributed by atoms with Crippen molar-refractivity contribution in [2.75, 3.05) is 5.73 Å². The summed E-state index contributed by atoms with van der Waals surface area (Å²) in [6, 6.07) is 11.1. The monoisotopic (exact) mass is 241 g/mol. The van der Waals surface area contributed by atoms with Gasteiger partial charge in [0, 0.05) is 5.69 Å². The zero-order valence-corrected chi connectivity index (χ0v) is 10.4. The molecule has 18 heavy (non-hydrogen) atoms. The van der Waals surface area contributed by atoms with E-state index in [1.165, 1.54) is 0 Å². The highest BCUT2D eigenvalue weighted by molar-refractivity contribution is 5.91. The van der Waals surface area contributed by atoms with E-state index in [0.717, 1.165) is 27.9 Å². The second-order valence-corrected chi connectivity index (χ2v) is 4.34. The van der Waals surface area contributed by atoms with Crippen LogP contribution in [-0.2, 0) is 0 Å².